The summed E-state index contributed by atoms with van der Waals surface area (Å²) in [6, 6.07) is 4.03. The molecule has 0 atom stereocenters. The number of hydrogen-bond acceptors (Lipinski definition) is 4. The number of amides is 1. The van der Waals surface area contributed by atoms with Crippen LogP contribution in [0.2, 0.25) is 5.02 Å². The van der Waals surface area contributed by atoms with Crippen LogP contribution >= 0.6 is 11.6 Å². The van der Waals surface area contributed by atoms with Gasteiger partial charge in [-0.3, -0.25) is 4.79 Å². The first kappa shape index (κ1) is 14.8. The molecule has 0 fully saturated rings. The number of benzene rings is 1. The van der Waals surface area contributed by atoms with Gasteiger partial charge in [0.2, 0.25) is 0 Å². The molecule has 0 unspecified atom stereocenters. The van der Waals surface area contributed by atoms with Crippen LogP contribution in [0.25, 0.3) is 0 Å². The molecule has 0 heterocycles. The minimum atomic E-state index is -3.09. The van der Waals surface area contributed by atoms with Crippen LogP contribution in [0.1, 0.15) is 17.3 Å². The highest BCUT2D eigenvalue weighted by atomic mass is 35.5. The van der Waals surface area contributed by atoms with Crippen LogP contribution in [0.3, 0.4) is 0 Å². The number of phenolic OH excluding ortho intramolecular Hbond substituents is 1. The Kier molecular flexibility index (Phi) is 4.98. The van der Waals surface area contributed by atoms with Gasteiger partial charge < -0.3 is 10.4 Å². The average molecular weight is 292 g/mol. The Morgan fingerprint density at radius 1 is 1.44 bits per heavy atom. The van der Waals surface area contributed by atoms with Crippen molar-refractivity contribution in [1.29, 1.82) is 0 Å². The molecular formula is C11H14ClNO4S. The monoisotopic (exact) mass is 291 g/mol. The molecule has 0 aliphatic rings. The number of hydrogen-bond donors (Lipinski definition) is 2. The predicted molar refractivity (Wildman–Crippen MR) is 69.8 cm³/mol. The van der Waals surface area contributed by atoms with Gasteiger partial charge in [-0.05, 0) is 18.2 Å². The summed E-state index contributed by atoms with van der Waals surface area (Å²) < 4.78 is 22.4. The van der Waals surface area contributed by atoms with Crippen molar-refractivity contribution in [1.82, 2.24) is 5.32 Å². The molecule has 0 aliphatic carbocycles. The first-order chi connectivity index (χ1) is 8.35. The molecule has 1 amide bonds. The molecule has 0 saturated heterocycles. The van der Waals surface area contributed by atoms with Gasteiger partial charge in [-0.1, -0.05) is 18.5 Å². The fourth-order valence-electron chi connectivity index (χ4n) is 1.21. The first-order valence-corrected chi connectivity index (χ1v) is 7.53. The summed E-state index contributed by atoms with van der Waals surface area (Å²) in [6.45, 7) is 1.60. The number of aromatic hydroxyl groups is 1. The maximum atomic E-state index is 11.6. The van der Waals surface area contributed by atoms with E-state index >= 15 is 0 Å². The largest absolute Gasteiger partial charge is 0.506 e. The van der Waals surface area contributed by atoms with E-state index in [1.54, 1.807) is 6.92 Å². The zero-order valence-electron chi connectivity index (χ0n) is 9.81. The van der Waals surface area contributed by atoms with Crippen LogP contribution < -0.4 is 5.32 Å². The number of sulfone groups is 1. The minimum absolute atomic E-state index is 0.0491. The van der Waals surface area contributed by atoms with Gasteiger partial charge in [0, 0.05) is 17.9 Å². The van der Waals surface area contributed by atoms with E-state index in [4.69, 9.17) is 11.6 Å². The quantitative estimate of drug-likeness (QED) is 0.854. The molecule has 1 rings (SSSR count). The summed E-state index contributed by atoms with van der Waals surface area (Å²) in [4.78, 5) is 11.6. The highest BCUT2D eigenvalue weighted by Gasteiger charge is 2.10. The third-order valence-corrected chi connectivity index (χ3v) is 4.36. The highest BCUT2D eigenvalue weighted by molar-refractivity contribution is 7.91. The predicted octanol–water partition coefficient (Wildman–Crippen LogP) is 1.21. The van der Waals surface area contributed by atoms with Crippen molar-refractivity contribution in [3.63, 3.8) is 0 Å². The van der Waals surface area contributed by atoms with Gasteiger partial charge in [0.15, 0.2) is 9.84 Å². The van der Waals surface area contributed by atoms with E-state index in [1.807, 2.05) is 0 Å². The van der Waals surface area contributed by atoms with E-state index in [9.17, 15) is 18.3 Å². The number of rotatable bonds is 5. The van der Waals surface area contributed by atoms with E-state index in [2.05, 4.69) is 5.32 Å². The van der Waals surface area contributed by atoms with Crippen molar-refractivity contribution in [3.8, 4) is 5.75 Å². The number of phenols is 1. The number of carbonyl (C=O) groups is 1. The van der Waals surface area contributed by atoms with Crippen LogP contribution in [0, 0.1) is 0 Å². The van der Waals surface area contributed by atoms with Crippen molar-refractivity contribution < 1.29 is 18.3 Å². The van der Waals surface area contributed by atoms with E-state index < -0.39 is 15.7 Å². The third-order valence-electron chi connectivity index (χ3n) is 2.35. The lowest BCUT2D eigenvalue weighted by molar-refractivity contribution is 0.0956. The molecule has 2 N–H and O–H groups in total. The Balaban J connectivity index is 2.58. The molecule has 0 radical (unpaired) electrons. The molecule has 0 aromatic heterocycles. The zero-order chi connectivity index (χ0) is 13.8. The Morgan fingerprint density at radius 3 is 2.67 bits per heavy atom. The Hall–Kier alpha value is -1.27. The maximum Gasteiger partial charge on any atom is 0.251 e. The van der Waals surface area contributed by atoms with Gasteiger partial charge in [-0.15, -0.1) is 0 Å². The zero-order valence-corrected chi connectivity index (χ0v) is 11.4. The highest BCUT2D eigenvalue weighted by Crippen LogP contribution is 2.23. The lowest BCUT2D eigenvalue weighted by Gasteiger charge is -2.06. The summed E-state index contributed by atoms with van der Waals surface area (Å²) in [5, 5.41) is 11.7. The fourth-order valence-corrected chi connectivity index (χ4v) is 2.10. The van der Waals surface area contributed by atoms with E-state index in [0.29, 0.717) is 0 Å². The second-order valence-corrected chi connectivity index (χ2v) is 6.54. The summed E-state index contributed by atoms with van der Waals surface area (Å²) in [5.74, 6) is -0.584. The Labute approximate surface area is 111 Å². The molecular weight excluding hydrogens is 278 g/mol. The molecule has 0 saturated carbocycles. The van der Waals surface area contributed by atoms with E-state index in [-0.39, 0.29) is 34.4 Å². The number of halogens is 1. The van der Waals surface area contributed by atoms with Gasteiger partial charge in [0.1, 0.15) is 5.75 Å². The summed E-state index contributed by atoms with van der Waals surface area (Å²) in [7, 11) is -3.09. The van der Waals surface area contributed by atoms with Crippen LogP contribution in [-0.4, -0.2) is 37.5 Å². The van der Waals surface area contributed by atoms with Gasteiger partial charge in [0.05, 0.1) is 10.8 Å². The van der Waals surface area contributed by atoms with Gasteiger partial charge in [0.25, 0.3) is 5.91 Å². The van der Waals surface area contributed by atoms with Crippen molar-refractivity contribution in [2.75, 3.05) is 18.1 Å². The molecule has 18 heavy (non-hydrogen) atoms. The summed E-state index contributed by atoms with van der Waals surface area (Å²) in [6.07, 6.45) is 0. The number of carbonyl (C=O) groups excluding carboxylic acids is 1. The summed E-state index contributed by atoms with van der Waals surface area (Å²) in [5.41, 5.74) is 0.270. The lowest BCUT2D eigenvalue weighted by Crippen LogP contribution is -2.29. The van der Waals surface area contributed by atoms with Gasteiger partial charge in [-0.25, -0.2) is 8.42 Å². The van der Waals surface area contributed by atoms with Gasteiger partial charge in [-0.2, -0.15) is 0 Å². The van der Waals surface area contributed by atoms with Crippen molar-refractivity contribution in [2.45, 2.75) is 6.92 Å². The Bertz CT molecular complexity index is 542. The normalized spacial score (nSPS) is 11.2. The van der Waals surface area contributed by atoms with Crippen molar-refractivity contribution in [3.05, 3.63) is 28.8 Å². The summed E-state index contributed by atoms with van der Waals surface area (Å²) >= 11 is 5.66. The topological polar surface area (TPSA) is 83.5 Å². The SMILES string of the molecule is CCS(=O)(=O)CCNC(=O)c1ccc(O)c(Cl)c1. The second-order valence-electron chi connectivity index (χ2n) is 3.66. The Morgan fingerprint density at radius 2 is 2.11 bits per heavy atom. The average Bonchev–Trinajstić information content (AvgIpc) is 2.32. The molecule has 100 valence electrons. The maximum absolute atomic E-state index is 11.6. The molecule has 5 nitrogen and oxygen atoms in total. The van der Waals surface area contributed by atoms with Crippen LogP contribution in [-0.2, 0) is 9.84 Å². The fraction of sp³-hybridized carbons (Fsp3) is 0.364. The standard InChI is InChI=1S/C11H14ClNO4S/c1-2-18(16,17)6-5-13-11(15)8-3-4-10(14)9(12)7-8/h3-4,7,14H,2,5-6H2,1H3,(H,13,15). The smallest absolute Gasteiger partial charge is 0.251 e. The second kappa shape index (κ2) is 6.06. The van der Waals surface area contributed by atoms with Crippen molar-refractivity contribution >= 4 is 27.3 Å². The first-order valence-electron chi connectivity index (χ1n) is 5.33. The number of nitrogens with one attached hydrogen (secondary N) is 1. The van der Waals surface area contributed by atoms with Gasteiger partial charge >= 0.3 is 0 Å². The van der Waals surface area contributed by atoms with Crippen molar-refractivity contribution in [2.24, 2.45) is 0 Å². The van der Waals surface area contributed by atoms with Crippen LogP contribution in [0.4, 0.5) is 0 Å². The molecule has 0 spiro atoms. The third kappa shape index (κ3) is 4.19. The molecule has 1 aromatic carbocycles. The van der Waals surface area contributed by atoms with E-state index in [1.165, 1.54) is 18.2 Å². The molecule has 7 heteroatoms. The molecule has 0 bridgehead atoms. The lowest BCUT2D eigenvalue weighted by atomic mass is 10.2. The molecule has 0 aliphatic heterocycles. The molecule has 1 aromatic rings. The van der Waals surface area contributed by atoms with Crippen LogP contribution in [0.5, 0.6) is 5.75 Å². The van der Waals surface area contributed by atoms with Crippen LogP contribution in [0.15, 0.2) is 18.2 Å². The minimum Gasteiger partial charge on any atom is -0.506 e. The van der Waals surface area contributed by atoms with E-state index in [0.717, 1.165) is 0 Å².